The van der Waals surface area contributed by atoms with Crippen LogP contribution in [0, 0.1) is 0 Å². The predicted molar refractivity (Wildman–Crippen MR) is 48.8 cm³/mol. The third-order valence-electron chi connectivity index (χ3n) is 2.58. The molecular formula is C9H17N2O. The number of hydrogen-bond donors (Lipinski definition) is 0. The fourth-order valence-corrected chi connectivity index (χ4v) is 1.69. The Morgan fingerprint density at radius 2 is 2.00 bits per heavy atom. The Morgan fingerprint density at radius 1 is 1.42 bits per heavy atom. The Morgan fingerprint density at radius 3 is 2.42 bits per heavy atom. The minimum absolute atomic E-state index is 0.486. The van der Waals surface area contributed by atoms with Crippen LogP contribution in [0.25, 0.3) is 0 Å². The molecule has 1 rings (SSSR count). The van der Waals surface area contributed by atoms with Gasteiger partial charge in [-0.3, -0.25) is 9.69 Å². The molecule has 1 saturated heterocycles. The maximum atomic E-state index is 10.1. The van der Waals surface area contributed by atoms with Crippen LogP contribution in [0.5, 0.6) is 0 Å². The normalized spacial score (nSPS) is 21.6. The summed E-state index contributed by atoms with van der Waals surface area (Å²) in [7, 11) is 4.23. The second-order valence-corrected chi connectivity index (χ2v) is 3.62. The van der Waals surface area contributed by atoms with Crippen molar-refractivity contribution >= 4 is 6.29 Å². The van der Waals surface area contributed by atoms with E-state index in [1.807, 2.05) is 6.29 Å². The third kappa shape index (κ3) is 2.57. The molecule has 1 heterocycles. The van der Waals surface area contributed by atoms with Crippen LogP contribution in [0.2, 0.25) is 0 Å². The van der Waals surface area contributed by atoms with E-state index in [1.54, 1.807) is 0 Å². The van der Waals surface area contributed by atoms with Gasteiger partial charge in [-0.1, -0.05) is 0 Å². The van der Waals surface area contributed by atoms with E-state index in [0.717, 1.165) is 13.1 Å². The van der Waals surface area contributed by atoms with Gasteiger partial charge in [-0.25, -0.2) is 0 Å². The molecule has 0 saturated carbocycles. The third-order valence-corrected chi connectivity index (χ3v) is 2.58. The average molecular weight is 169 g/mol. The first kappa shape index (κ1) is 9.68. The van der Waals surface area contributed by atoms with E-state index >= 15 is 0 Å². The molecule has 1 aliphatic rings. The molecule has 12 heavy (non-hydrogen) atoms. The molecule has 3 nitrogen and oxygen atoms in total. The summed E-state index contributed by atoms with van der Waals surface area (Å²) in [6.07, 6.45) is 4.29. The summed E-state index contributed by atoms with van der Waals surface area (Å²) in [5.41, 5.74) is 0. The summed E-state index contributed by atoms with van der Waals surface area (Å²) < 4.78 is 0. The first-order valence-corrected chi connectivity index (χ1v) is 4.48. The SMILES string of the molecule is CN(C)C1CCN(C[C]=O)CC1. The van der Waals surface area contributed by atoms with Crippen molar-refractivity contribution in [3.05, 3.63) is 0 Å². The quantitative estimate of drug-likeness (QED) is 0.599. The summed E-state index contributed by atoms with van der Waals surface area (Å²) >= 11 is 0. The van der Waals surface area contributed by atoms with E-state index in [-0.39, 0.29) is 0 Å². The number of hydrogen-bond acceptors (Lipinski definition) is 3. The second-order valence-electron chi connectivity index (χ2n) is 3.62. The van der Waals surface area contributed by atoms with Gasteiger partial charge in [0.1, 0.15) is 0 Å². The number of nitrogens with zero attached hydrogens (tertiary/aromatic N) is 2. The van der Waals surface area contributed by atoms with Gasteiger partial charge in [0.25, 0.3) is 0 Å². The molecule has 0 bridgehead atoms. The largest absolute Gasteiger partial charge is 0.306 e. The Hall–Kier alpha value is -0.410. The molecule has 0 unspecified atom stereocenters. The summed E-state index contributed by atoms with van der Waals surface area (Å²) in [5.74, 6) is 0. The lowest BCUT2D eigenvalue weighted by molar-refractivity contribution is 0.157. The van der Waals surface area contributed by atoms with Crippen LogP contribution in [0.15, 0.2) is 0 Å². The molecule has 0 aromatic rings. The van der Waals surface area contributed by atoms with Crippen molar-refractivity contribution in [2.24, 2.45) is 0 Å². The highest BCUT2D eigenvalue weighted by molar-refractivity contribution is 5.53. The predicted octanol–water partition coefficient (Wildman–Crippen LogP) is 0.122. The number of likely N-dealkylation sites (tertiary alicyclic amines) is 1. The Labute approximate surface area is 74.3 Å². The topological polar surface area (TPSA) is 23.6 Å². The second kappa shape index (κ2) is 4.58. The average Bonchev–Trinajstić information content (AvgIpc) is 2.06. The van der Waals surface area contributed by atoms with Gasteiger partial charge in [0.15, 0.2) is 0 Å². The van der Waals surface area contributed by atoms with Crippen molar-refractivity contribution < 1.29 is 4.79 Å². The first-order valence-electron chi connectivity index (χ1n) is 4.48. The van der Waals surface area contributed by atoms with Gasteiger partial charge in [-0.15, -0.1) is 0 Å². The van der Waals surface area contributed by atoms with Crippen molar-refractivity contribution in [3.8, 4) is 0 Å². The minimum Gasteiger partial charge on any atom is -0.306 e. The molecular weight excluding hydrogens is 152 g/mol. The fourth-order valence-electron chi connectivity index (χ4n) is 1.69. The van der Waals surface area contributed by atoms with Crippen molar-refractivity contribution in [2.45, 2.75) is 18.9 Å². The summed E-state index contributed by atoms with van der Waals surface area (Å²) in [6.45, 7) is 2.57. The van der Waals surface area contributed by atoms with Crippen LogP contribution >= 0.6 is 0 Å². The smallest absolute Gasteiger partial charge is 0.213 e. The van der Waals surface area contributed by atoms with Crippen LogP contribution < -0.4 is 0 Å². The monoisotopic (exact) mass is 169 g/mol. The van der Waals surface area contributed by atoms with E-state index in [2.05, 4.69) is 23.9 Å². The van der Waals surface area contributed by atoms with Crippen molar-refractivity contribution in [1.29, 1.82) is 0 Å². The highest BCUT2D eigenvalue weighted by Gasteiger charge is 2.19. The Balaban J connectivity index is 2.24. The van der Waals surface area contributed by atoms with Crippen molar-refractivity contribution in [3.63, 3.8) is 0 Å². The number of rotatable bonds is 3. The van der Waals surface area contributed by atoms with Gasteiger partial charge >= 0.3 is 0 Å². The molecule has 0 aliphatic carbocycles. The van der Waals surface area contributed by atoms with Gasteiger partial charge in [-0.05, 0) is 26.9 Å². The molecule has 0 amide bonds. The summed E-state index contributed by atoms with van der Waals surface area (Å²) in [5, 5.41) is 0. The molecule has 1 aliphatic heterocycles. The molecule has 0 aromatic carbocycles. The lowest BCUT2D eigenvalue weighted by Crippen LogP contribution is -2.42. The zero-order chi connectivity index (χ0) is 8.97. The van der Waals surface area contributed by atoms with Crippen molar-refractivity contribution in [2.75, 3.05) is 33.7 Å². The van der Waals surface area contributed by atoms with E-state index in [1.165, 1.54) is 12.8 Å². The molecule has 69 valence electrons. The van der Waals surface area contributed by atoms with Gasteiger partial charge in [0, 0.05) is 19.1 Å². The highest BCUT2D eigenvalue weighted by Crippen LogP contribution is 2.12. The fraction of sp³-hybridized carbons (Fsp3) is 0.889. The van der Waals surface area contributed by atoms with E-state index in [9.17, 15) is 4.79 Å². The van der Waals surface area contributed by atoms with E-state index in [4.69, 9.17) is 0 Å². The Kier molecular flexibility index (Phi) is 3.69. The van der Waals surface area contributed by atoms with Crippen LogP contribution in [0.4, 0.5) is 0 Å². The molecule has 1 fully saturated rings. The van der Waals surface area contributed by atoms with E-state index in [0.29, 0.717) is 12.6 Å². The molecule has 1 radical (unpaired) electrons. The van der Waals surface area contributed by atoms with Crippen LogP contribution in [-0.2, 0) is 4.79 Å². The zero-order valence-corrected chi connectivity index (χ0v) is 7.92. The van der Waals surface area contributed by atoms with Crippen LogP contribution in [0.3, 0.4) is 0 Å². The van der Waals surface area contributed by atoms with Gasteiger partial charge in [-0.2, -0.15) is 0 Å². The molecule has 0 spiro atoms. The van der Waals surface area contributed by atoms with Gasteiger partial charge in [0.2, 0.25) is 6.29 Å². The molecule has 0 aromatic heterocycles. The van der Waals surface area contributed by atoms with Crippen molar-refractivity contribution in [1.82, 2.24) is 9.80 Å². The Bertz CT molecular complexity index is 139. The standard InChI is InChI=1S/C9H17N2O/c1-10(2)9-3-5-11(6-4-9)7-8-12/h9H,3-7H2,1-2H3. The maximum absolute atomic E-state index is 10.1. The number of piperidine rings is 1. The molecule has 0 N–H and O–H groups in total. The van der Waals surface area contributed by atoms with Crippen LogP contribution in [-0.4, -0.2) is 55.9 Å². The summed E-state index contributed by atoms with van der Waals surface area (Å²) in [4.78, 5) is 14.5. The van der Waals surface area contributed by atoms with Gasteiger partial charge in [0.05, 0.1) is 6.54 Å². The summed E-state index contributed by atoms with van der Waals surface area (Å²) in [6, 6.07) is 0.702. The van der Waals surface area contributed by atoms with Gasteiger partial charge < -0.3 is 4.90 Å². The minimum atomic E-state index is 0.486. The molecule has 0 atom stereocenters. The highest BCUT2D eigenvalue weighted by atomic mass is 16.1. The molecule has 3 heteroatoms. The lowest BCUT2D eigenvalue weighted by atomic mass is 10.0. The van der Waals surface area contributed by atoms with Crippen LogP contribution in [0.1, 0.15) is 12.8 Å². The number of carbonyl (C=O) groups excluding carboxylic acids is 1. The van der Waals surface area contributed by atoms with E-state index < -0.39 is 0 Å². The first-order chi connectivity index (χ1) is 5.74. The lowest BCUT2D eigenvalue weighted by Gasteiger charge is -2.33. The zero-order valence-electron chi connectivity index (χ0n) is 7.92. The maximum Gasteiger partial charge on any atom is 0.213 e.